The summed E-state index contributed by atoms with van der Waals surface area (Å²) in [6.07, 6.45) is 0.802. The summed E-state index contributed by atoms with van der Waals surface area (Å²) in [5, 5.41) is 0.913. The molecule has 2 aromatic carbocycles. The first-order valence-electron chi connectivity index (χ1n) is 8.33. The van der Waals surface area contributed by atoms with E-state index in [0.717, 1.165) is 6.42 Å². The van der Waals surface area contributed by atoms with Crippen LogP contribution in [0.5, 0.6) is 0 Å². The molecule has 0 radical (unpaired) electrons. The van der Waals surface area contributed by atoms with Crippen LogP contribution in [0, 0.1) is 5.82 Å². The second kappa shape index (κ2) is 7.57. The van der Waals surface area contributed by atoms with Crippen molar-refractivity contribution in [1.82, 2.24) is 9.55 Å². The molecule has 3 aromatic rings. The Morgan fingerprint density at radius 1 is 1.19 bits per heavy atom. The van der Waals surface area contributed by atoms with E-state index in [4.69, 9.17) is 9.47 Å². The molecular formula is C19H17FN2O3S. The monoisotopic (exact) mass is 372 g/mol. The van der Waals surface area contributed by atoms with Gasteiger partial charge in [0.25, 0.3) is 5.56 Å². The van der Waals surface area contributed by atoms with Gasteiger partial charge in [-0.05, 0) is 30.7 Å². The van der Waals surface area contributed by atoms with Gasteiger partial charge < -0.3 is 9.47 Å². The summed E-state index contributed by atoms with van der Waals surface area (Å²) in [4.78, 5) is 17.7. The standard InChI is InChI=1S/C19H17FN2O3S/c20-15-6-2-4-8-17(15)22-18(23)14-5-1-3-7-16(14)21-19(22)26-11-13-9-10-24-12-25-13/h1-8,13H,9-12H2/t13-/m1/s1. The van der Waals surface area contributed by atoms with E-state index in [2.05, 4.69) is 4.98 Å². The highest BCUT2D eigenvalue weighted by Gasteiger charge is 2.19. The summed E-state index contributed by atoms with van der Waals surface area (Å²) in [6.45, 7) is 0.924. The molecule has 0 saturated carbocycles. The molecule has 1 fully saturated rings. The molecule has 134 valence electrons. The molecule has 0 aliphatic carbocycles. The summed E-state index contributed by atoms with van der Waals surface area (Å²) in [7, 11) is 0. The highest BCUT2D eigenvalue weighted by atomic mass is 32.2. The molecule has 1 aliphatic rings. The molecule has 0 spiro atoms. The van der Waals surface area contributed by atoms with Crippen LogP contribution in [0.25, 0.3) is 16.6 Å². The lowest BCUT2D eigenvalue weighted by molar-refractivity contribution is -0.130. The lowest BCUT2D eigenvalue weighted by Crippen LogP contribution is -2.27. The fraction of sp³-hybridized carbons (Fsp3) is 0.263. The van der Waals surface area contributed by atoms with Gasteiger partial charge in [-0.1, -0.05) is 36.0 Å². The Bertz CT molecular complexity index is 986. The van der Waals surface area contributed by atoms with Crippen LogP contribution in [-0.2, 0) is 9.47 Å². The zero-order chi connectivity index (χ0) is 17.9. The van der Waals surface area contributed by atoms with Gasteiger partial charge in [0, 0.05) is 5.75 Å². The van der Waals surface area contributed by atoms with Crippen LogP contribution < -0.4 is 5.56 Å². The molecule has 1 aromatic heterocycles. The van der Waals surface area contributed by atoms with Crippen LogP contribution in [0.2, 0.25) is 0 Å². The zero-order valence-electron chi connectivity index (χ0n) is 13.9. The fourth-order valence-electron chi connectivity index (χ4n) is 2.85. The number of para-hydroxylation sites is 2. The molecule has 0 bridgehead atoms. The predicted octanol–water partition coefficient (Wildman–Crippen LogP) is 3.38. The lowest BCUT2D eigenvalue weighted by atomic mass is 10.2. The summed E-state index contributed by atoms with van der Waals surface area (Å²) in [5.74, 6) is 0.152. The number of halogens is 1. The number of thioether (sulfide) groups is 1. The summed E-state index contributed by atoms with van der Waals surface area (Å²) >= 11 is 1.39. The number of hydrogen-bond acceptors (Lipinski definition) is 5. The third-order valence-electron chi connectivity index (χ3n) is 4.21. The molecule has 0 unspecified atom stereocenters. The average molecular weight is 372 g/mol. The SMILES string of the molecule is O=c1c2ccccc2nc(SC[C@H]2CCOCO2)n1-c1ccccc1F. The summed E-state index contributed by atoms with van der Waals surface area (Å²) in [6, 6.07) is 13.3. The molecule has 26 heavy (non-hydrogen) atoms. The molecule has 4 rings (SSSR count). The van der Waals surface area contributed by atoms with Gasteiger partial charge in [0.15, 0.2) is 5.16 Å². The van der Waals surface area contributed by atoms with Crippen molar-refractivity contribution in [2.75, 3.05) is 19.2 Å². The van der Waals surface area contributed by atoms with Crippen molar-refractivity contribution < 1.29 is 13.9 Å². The molecule has 2 heterocycles. The van der Waals surface area contributed by atoms with Crippen molar-refractivity contribution in [3.05, 3.63) is 64.7 Å². The zero-order valence-corrected chi connectivity index (χ0v) is 14.7. The maximum atomic E-state index is 14.4. The number of rotatable bonds is 4. The van der Waals surface area contributed by atoms with Crippen molar-refractivity contribution in [3.63, 3.8) is 0 Å². The van der Waals surface area contributed by atoms with E-state index in [1.165, 1.54) is 22.4 Å². The van der Waals surface area contributed by atoms with Crippen LogP contribution >= 0.6 is 11.8 Å². The highest BCUT2D eigenvalue weighted by Crippen LogP contribution is 2.25. The van der Waals surface area contributed by atoms with E-state index in [-0.39, 0.29) is 24.1 Å². The van der Waals surface area contributed by atoms with Gasteiger partial charge in [0.1, 0.15) is 12.6 Å². The maximum Gasteiger partial charge on any atom is 0.266 e. The van der Waals surface area contributed by atoms with Gasteiger partial charge in [-0.3, -0.25) is 9.36 Å². The molecule has 5 nitrogen and oxygen atoms in total. The topological polar surface area (TPSA) is 53.4 Å². The van der Waals surface area contributed by atoms with Gasteiger partial charge >= 0.3 is 0 Å². The van der Waals surface area contributed by atoms with Crippen molar-refractivity contribution in [1.29, 1.82) is 0 Å². The molecule has 7 heteroatoms. The minimum Gasteiger partial charge on any atom is -0.355 e. The van der Waals surface area contributed by atoms with Crippen LogP contribution in [0.3, 0.4) is 0 Å². The number of nitrogens with zero attached hydrogens (tertiary/aromatic N) is 2. The Labute approximate surface area is 153 Å². The van der Waals surface area contributed by atoms with Crippen LogP contribution in [0.1, 0.15) is 6.42 Å². The van der Waals surface area contributed by atoms with Crippen LogP contribution in [0.4, 0.5) is 4.39 Å². The largest absolute Gasteiger partial charge is 0.355 e. The third kappa shape index (κ3) is 3.38. The number of ether oxygens (including phenoxy) is 2. The van der Waals surface area contributed by atoms with Crippen molar-refractivity contribution in [2.24, 2.45) is 0 Å². The normalized spacial score (nSPS) is 17.5. The molecule has 1 aliphatic heterocycles. The van der Waals surface area contributed by atoms with E-state index in [0.29, 0.717) is 28.4 Å². The van der Waals surface area contributed by atoms with E-state index >= 15 is 0 Å². The number of aromatic nitrogens is 2. The van der Waals surface area contributed by atoms with E-state index in [9.17, 15) is 9.18 Å². The van der Waals surface area contributed by atoms with E-state index in [1.807, 2.05) is 6.07 Å². The smallest absolute Gasteiger partial charge is 0.266 e. The quantitative estimate of drug-likeness (QED) is 0.519. The molecule has 0 N–H and O–H groups in total. The first-order chi connectivity index (χ1) is 12.7. The number of fused-ring (bicyclic) bond motifs is 1. The van der Waals surface area contributed by atoms with Gasteiger partial charge in [-0.25, -0.2) is 9.37 Å². The second-order valence-electron chi connectivity index (χ2n) is 5.92. The van der Waals surface area contributed by atoms with Crippen LogP contribution in [-0.4, -0.2) is 34.8 Å². The van der Waals surface area contributed by atoms with Crippen molar-refractivity contribution >= 4 is 22.7 Å². The van der Waals surface area contributed by atoms with Crippen molar-refractivity contribution in [2.45, 2.75) is 17.7 Å². The fourth-order valence-corrected chi connectivity index (χ4v) is 3.93. The lowest BCUT2D eigenvalue weighted by Gasteiger charge is -2.22. The Kier molecular flexibility index (Phi) is 5.01. The maximum absolute atomic E-state index is 14.4. The van der Waals surface area contributed by atoms with Gasteiger partial charge in [0.2, 0.25) is 0 Å². The van der Waals surface area contributed by atoms with Crippen molar-refractivity contribution in [3.8, 4) is 5.69 Å². The van der Waals surface area contributed by atoms with E-state index < -0.39 is 5.82 Å². The Hall–Kier alpha value is -2.22. The second-order valence-corrected chi connectivity index (χ2v) is 6.91. The van der Waals surface area contributed by atoms with Crippen LogP contribution in [0.15, 0.2) is 58.5 Å². The summed E-state index contributed by atoms with van der Waals surface area (Å²) < 4.78 is 26.5. The van der Waals surface area contributed by atoms with E-state index in [1.54, 1.807) is 36.4 Å². The van der Waals surface area contributed by atoms with Gasteiger partial charge in [0.05, 0.1) is 29.3 Å². The number of benzene rings is 2. The summed E-state index contributed by atoms with van der Waals surface area (Å²) in [5.41, 5.74) is 0.516. The first-order valence-corrected chi connectivity index (χ1v) is 9.31. The third-order valence-corrected chi connectivity index (χ3v) is 5.28. The minimum absolute atomic E-state index is 0.0196. The highest BCUT2D eigenvalue weighted by molar-refractivity contribution is 7.99. The Morgan fingerprint density at radius 2 is 2.00 bits per heavy atom. The molecule has 1 atom stereocenters. The minimum atomic E-state index is -0.462. The Morgan fingerprint density at radius 3 is 2.81 bits per heavy atom. The number of hydrogen-bond donors (Lipinski definition) is 0. The molecule has 0 amide bonds. The molecular weight excluding hydrogens is 355 g/mol. The van der Waals surface area contributed by atoms with Gasteiger partial charge in [-0.15, -0.1) is 0 Å². The van der Waals surface area contributed by atoms with Gasteiger partial charge in [-0.2, -0.15) is 0 Å². The molecule has 1 saturated heterocycles. The Balaban J connectivity index is 1.80. The first kappa shape index (κ1) is 17.2. The average Bonchev–Trinajstić information content (AvgIpc) is 2.68. The predicted molar refractivity (Wildman–Crippen MR) is 98.3 cm³/mol.